The van der Waals surface area contributed by atoms with Crippen molar-refractivity contribution in [2.45, 2.75) is 75.7 Å². The van der Waals surface area contributed by atoms with Gasteiger partial charge in [0.05, 0.1) is 12.6 Å². The maximum atomic E-state index is 17.6. The molecule has 3 saturated carbocycles. The zero-order valence-electron chi connectivity index (χ0n) is 21.7. The highest BCUT2D eigenvalue weighted by atomic mass is 32.1. The predicted molar refractivity (Wildman–Crippen MR) is 136 cm³/mol. The molecule has 1 aromatic heterocycles. The van der Waals surface area contributed by atoms with Crippen molar-refractivity contribution in [2.24, 2.45) is 28.4 Å². The number of aryl methyl sites for hydroxylation is 1. The van der Waals surface area contributed by atoms with Crippen molar-refractivity contribution in [3.8, 4) is 0 Å². The number of carbonyl (C=O) groups excluding carboxylic acids is 2. The summed E-state index contributed by atoms with van der Waals surface area (Å²) in [5, 5.41) is 23.4. The summed E-state index contributed by atoms with van der Waals surface area (Å²) >= 11 is 1.61. The standard InChI is InChI=1S/C28H34F2N2O5S/c1-15-4-5-18(38-15)13-32-12-16-10-26(31)21-9-20(29)19-8-17(34)6-7-24(19,2)27(21,30)22(35)11-25(26,3)28(16,37-32)23(36)14-33/h4-8,16,20-22,33,35H,9-14,31H2,1-3H3/t16-,20-,21-,22-,24-,25-,26+,27-,28-/m0/s1. The summed E-state index contributed by atoms with van der Waals surface area (Å²) in [4.78, 5) is 34.3. The Morgan fingerprint density at radius 3 is 2.71 bits per heavy atom. The summed E-state index contributed by atoms with van der Waals surface area (Å²) < 4.78 is 33.3. The number of fused-ring (bicyclic) bond motifs is 7. The molecular formula is C28H34F2N2O5S. The number of nitrogens with zero attached hydrogens (tertiary/aromatic N) is 1. The van der Waals surface area contributed by atoms with Gasteiger partial charge in [0, 0.05) is 44.5 Å². The van der Waals surface area contributed by atoms with Crippen molar-refractivity contribution in [3.05, 3.63) is 45.7 Å². The molecule has 5 aliphatic rings. The third-order valence-corrected chi connectivity index (χ3v) is 11.6. The second-order valence-corrected chi connectivity index (χ2v) is 13.7. The van der Waals surface area contributed by atoms with Gasteiger partial charge >= 0.3 is 0 Å². The molecule has 9 atom stereocenters. The molecule has 0 unspecified atom stereocenters. The van der Waals surface area contributed by atoms with E-state index in [1.54, 1.807) is 23.3 Å². The van der Waals surface area contributed by atoms with Crippen LogP contribution in [0.15, 0.2) is 35.9 Å². The van der Waals surface area contributed by atoms with Crippen LogP contribution in [0, 0.1) is 29.6 Å². The summed E-state index contributed by atoms with van der Waals surface area (Å²) in [6.07, 6.45) is 0.0987. The average Bonchev–Trinajstić information content (AvgIpc) is 3.48. The third kappa shape index (κ3) is 2.94. The Kier molecular flexibility index (Phi) is 5.64. The molecule has 1 aliphatic heterocycles. The van der Waals surface area contributed by atoms with Crippen LogP contribution in [0.4, 0.5) is 8.78 Å². The third-order valence-electron chi connectivity index (χ3n) is 10.7. The van der Waals surface area contributed by atoms with Gasteiger partial charge in [0.25, 0.3) is 0 Å². The topological polar surface area (TPSA) is 113 Å². The van der Waals surface area contributed by atoms with Crippen LogP contribution in [0.1, 0.15) is 42.9 Å². The molecule has 1 aromatic rings. The first kappa shape index (κ1) is 26.4. The monoisotopic (exact) mass is 548 g/mol. The van der Waals surface area contributed by atoms with E-state index in [1.807, 2.05) is 19.1 Å². The summed E-state index contributed by atoms with van der Waals surface area (Å²) in [6.45, 7) is 5.21. The molecule has 38 heavy (non-hydrogen) atoms. The van der Waals surface area contributed by atoms with E-state index in [9.17, 15) is 19.8 Å². The van der Waals surface area contributed by atoms with Crippen LogP contribution in [0.5, 0.6) is 0 Å². The van der Waals surface area contributed by atoms with Crippen LogP contribution in [-0.2, 0) is 21.0 Å². The first-order valence-corrected chi connectivity index (χ1v) is 14.0. The van der Waals surface area contributed by atoms with Crippen molar-refractivity contribution >= 4 is 22.9 Å². The normalized spacial score (nSPS) is 47.8. The van der Waals surface area contributed by atoms with Crippen molar-refractivity contribution in [2.75, 3.05) is 13.2 Å². The van der Waals surface area contributed by atoms with Gasteiger partial charge < -0.3 is 15.9 Å². The molecule has 2 heterocycles. The number of hydrogen-bond donors (Lipinski definition) is 3. The van der Waals surface area contributed by atoms with Crippen molar-refractivity contribution in [3.63, 3.8) is 0 Å². The number of aliphatic hydroxyl groups is 2. The molecule has 0 bridgehead atoms. The average molecular weight is 549 g/mol. The van der Waals surface area contributed by atoms with Crippen LogP contribution >= 0.6 is 11.3 Å². The van der Waals surface area contributed by atoms with Gasteiger partial charge in [-0.2, -0.15) is 5.06 Å². The molecule has 4 aliphatic carbocycles. The Balaban J connectivity index is 1.45. The highest BCUT2D eigenvalue weighted by molar-refractivity contribution is 7.11. The molecule has 7 nitrogen and oxygen atoms in total. The molecule has 6 rings (SSSR count). The second-order valence-electron chi connectivity index (χ2n) is 12.3. The van der Waals surface area contributed by atoms with E-state index in [0.29, 0.717) is 13.1 Å². The lowest BCUT2D eigenvalue weighted by Gasteiger charge is -2.66. The quantitative estimate of drug-likeness (QED) is 0.530. The highest BCUT2D eigenvalue weighted by Crippen LogP contribution is 2.73. The van der Waals surface area contributed by atoms with Crippen LogP contribution < -0.4 is 5.73 Å². The van der Waals surface area contributed by atoms with Gasteiger partial charge in [0.2, 0.25) is 0 Å². The zero-order chi connectivity index (χ0) is 27.5. The Morgan fingerprint density at radius 1 is 1.32 bits per heavy atom. The highest BCUT2D eigenvalue weighted by Gasteiger charge is 2.83. The number of Topliss-reactive ketones (excluding diaryl/α,β-unsaturated/α-hetero) is 1. The molecular weight excluding hydrogens is 514 g/mol. The first-order valence-electron chi connectivity index (χ1n) is 13.2. The molecule has 4 N–H and O–H groups in total. The lowest BCUT2D eigenvalue weighted by atomic mass is 9.42. The van der Waals surface area contributed by atoms with Crippen molar-refractivity contribution in [1.29, 1.82) is 0 Å². The maximum absolute atomic E-state index is 17.6. The van der Waals surface area contributed by atoms with Gasteiger partial charge in [-0.3, -0.25) is 14.4 Å². The van der Waals surface area contributed by atoms with E-state index in [2.05, 4.69) is 0 Å². The number of hydrogen-bond acceptors (Lipinski definition) is 8. The summed E-state index contributed by atoms with van der Waals surface area (Å²) in [7, 11) is 0. The minimum atomic E-state index is -2.37. The van der Waals surface area contributed by atoms with E-state index < -0.39 is 69.9 Å². The van der Waals surface area contributed by atoms with Crippen molar-refractivity contribution in [1.82, 2.24) is 5.06 Å². The number of thiophene rings is 1. The van der Waals surface area contributed by atoms with Gasteiger partial charge in [-0.1, -0.05) is 13.0 Å². The van der Waals surface area contributed by atoms with E-state index in [1.165, 1.54) is 19.1 Å². The molecule has 0 amide bonds. The van der Waals surface area contributed by atoms with Crippen LogP contribution in [0.3, 0.4) is 0 Å². The number of ketones is 2. The Morgan fingerprint density at radius 2 is 2.05 bits per heavy atom. The van der Waals surface area contributed by atoms with E-state index in [0.717, 1.165) is 15.8 Å². The van der Waals surface area contributed by atoms with E-state index in [-0.39, 0.29) is 24.8 Å². The molecule has 1 saturated heterocycles. The summed E-state index contributed by atoms with van der Waals surface area (Å²) in [5.74, 6) is -2.64. The molecule has 206 valence electrons. The molecule has 0 spiro atoms. The van der Waals surface area contributed by atoms with Gasteiger partial charge in [-0.05, 0) is 63.0 Å². The second kappa shape index (κ2) is 8.11. The molecule has 0 radical (unpaired) electrons. The number of halogens is 2. The van der Waals surface area contributed by atoms with Crippen LogP contribution in [0.25, 0.3) is 0 Å². The Bertz CT molecular complexity index is 1280. The first-order chi connectivity index (χ1) is 17.8. The Labute approximate surface area is 224 Å². The number of nitrogens with two attached hydrogens (primary N) is 1. The lowest BCUT2D eigenvalue weighted by Crippen LogP contribution is -2.79. The summed E-state index contributed by atoms with van der Waals surface area (Å²) in [5.41, 5.74) is -1.06. The number of aliphatic hydroxyl groups excluding tert-OH is 2. The Hall–Kier alpha value is -1.82. The van der Waals surface area contributed by atoms with Gasteiger partial charge in [-0.15, -0.1) is 11.3 Å². The predicted octanol–water partition coefficient (Wildman–Crippen LogP) is 2.73. The van der Waals surface area contributed by atoms with Crippen molar-refractivity contribution < 1.29 is 33.4 Å². The fraction of sp³-hybridized carbons (Fsp3) is 0.643. The number of allylic oxidation sites excluding steroid dienone is 4. The van der Waals surface area contributed by atoms with Gasteiger partial charge in [-0.25, -0.2) is 8.78 Å². The minimum Gasteiger partial charge on any atom is -0.390 e. The number of carbonyl (C=O) groups is 2. The molecule has 4 fully saturated rings. The molecule has 10 heteroatoms. The van der Waals surface area contributed by atoms with Gasteiger partial charge in [0.15, 0.2) is 22.8 Å². The SMILES string of the molecule is Cc1ccc(CN2C[C@@H]3C[C@@]4(N)[C@@H]5C[C@H](F)C6=CC(=O)C=C[C@]6(C)[C@@]5(F)[C@@H](O)C[C@]4(C)[C@]3(C(=O)CO)O2)s1. The lowest BCUT2D eigenvalue weighted by molar-refractivity contribution is -0.273. The molecule has 0 aromatic carbocycles. The number of alkyl halides is 2. The zero-order valence-corrected chi connectivity index (χ0v) is 22.6. The number of rotatable bonds is 4. The number of hydroxylamine groups is 2. The van der Waals surface area contributed by atoms with E-state index in [4.69, 9.17) is 10.6 Å². The van der Waals surface area contributed by atoms with Crippen LogP contribution in [-0.4, -0.2) is 69.1 Å². The fourth-order valence-corrected chi connectivity index (χ4v) is 9.76. The fourth-order valence-electron chi connectivity index (χ4n) is 8.87. The smallest absolute Gasteiger partial charge is 0.192 e. The van der Waals surface area contributed by atoms with Crippen LogP contribution in [0.2, 0.25) is 0 Å². The largest absolute Gasteiger partial charge is 0.390 e. The van der Waals surface area contributed by atoms with E-state index >= 15 is 8.78 Å². The van der Waals surface area contributed by atoms with Gasteiger partial charge in [0.1, 0.15) is 12.8 Å². The maximum Gasteiger partial charge on any atom is 0.192 e. The minimum absolute atomic E-state index is 0.0167. The summed E-state index contributed by atoms with van der Waals surface area (Å²) in [6, 6.07) is 4.00.